The van der Waals surface area contributed by atoms with Crippen LogP contribution in [-0.4, -0.2) is 31.1 Å². The molecule has 3 heteroatoms. The molecular weight excluding hydrogens is 255 g/mol. The van der Waals surface area contributed by atoms with Crippen molar-refractivity contribution in [1.82, 2.24) is 0 Å². The number of aliphatic hydroxyl groups excluding tert-OH is 1. The van der Waals surface area contributed by atoms with Crippen molar-refractivity contribution in [2.45, 2.75) is 0 Å². The molecule has 1 N–H and O–H groups in total. The predicted octanol–water partition coefficient (Wildman–Crippen LogP) is 2.13. The van der Waals surface area contributed by atoms with Crippen LogP contribution in [0.1, 0.15) is 0 Å². The van der Waals surface area contributed by atoms with Gasteiger partial charge in [0.15, 0.2) is 0 Å². The van der Waals surface area contributed by atoms with Gasteiger partial charge in [-0.15, -0.1) is 0 Å². The van der Waals surface area contributed by atoms with Gasteiger partial charge in [0.25, 0.3) is 0 Å². The first kappa shape index (κ1) is 14.2. The fourth-order valence-electron chi connectivity index (χ4n) is 1.95. The van der Waals surface area contributed by atoms with E-state index in [-0.39, 0.29) is 14.5 Å². The van der Waals surface area contributed by atoms with Gasteiger partial charge in [0.2, 0.25) is 0 Å². The zero-order chi connectivity index (χ0) is 13.3. The highest BCUT2D eigenvalue weighted by Crippen LogP contribution is 2.32. The van der Waals surface area contributed by atoms with Crippen molar-refractivity contribution in [1.29, 1.82) is 0 Å². The number of benzene rings is 2. The van der Waals surface area contributed by atoms with Crippen LogP contribution >= 0.6 is 7.92 Å². The van der Waals surface area contributed by atoms with Crippen LogP contribution in [0, 0.1) is 0 Å². The molecule has 0 radical (unpaired) electrons. The molecular formula is C16H19O2P. The second-order valence-corrected chi connectivity index (χ2v) is 6.49. The normalized spacial score (nSPS) is 10.8. The number of ether oxygens (including phenoxy) is 1. The first-order valence-corrected chi connectivity index (χ1v) is 8.01. The zero-order valence-corrected chi connectivity index (χ0v) is 11.8. The van der Waals surface area contributed by atoms with Gasteiger partial charge < -0.3 is 9.84 Å². The minimum atomic E-state index is -0.374. The molecule has 100 valence electrons. The van der Waals surface area contributed by atoms with Crippen LogP contribution < -0.4 is 10.6 Å². The highest BCUT2D eigenvalue weighted by atomic mass is 31.1. The van der Waals surface area contributed by atoms with E-state index in [4.69, 9.17) is 9.84 Å². The summed E-state index contributed by atoms with van der Waals surface area (Å²) in [4.78, 5) is 0. The third-order valence-electron chi connectivity index (χ3n) is 2.83. The number of hydrogen-bond acceptors (Lipinski definition) is 2. The summed E-state index contributed by atoms with van der Waals surface area (Å²) in [6.07, 6.45) is 0.989. The van der Waals surface area contributed by atoms with E-state index >= 15 is 0 Å². The third kappa shape index (κ3) is 4.43. The fraction of sp³-hybridized carbons (Fsp3) is 0.250. The molecule has 2 aromatic rings. The van der Waals surface area contributed by atoms with E-state index in [1.807, 2.05) is 12.1 Å². The van der Waals surface area contributed by atoms with Crippen LogP contribution in [0.3, 0.4) is 0 Å². The lowest BCUT2D eigenvalue weighted by atomic mass is 10.4. The van der Waals surface area contributed by atoms with E-state index in [9.17, 15) is 0 Å². The summed E-state index contributed by atoms with van der Waals surface area (Å²) >= 11 is 0. The average molecular weight is 274 g/mol. The first-order chi connectivity index (χ1) is 9.42. The summed E-state index contributed by atoms with van der Waals surface area (Å²) in [7, 11) is -0.374. The van der Waals surface area contributed by atoms with Gasteiger partial charge in [-0.3, -0.25) is 0 Å². The Labute approximate surface area is 115 Å². The molecule has 0 aliphatic rings. The zero-order valence-electron chi connectivity index (χ0n) is 10.9. The largest absolute Gasteiger partial charge is 0.394 e. The molecule has 19 heavy (non-hydrogen) atoms. The average Bonchev–Trinajstić information content (AvgIpc) is 2.49. The lowest BCUT2D eigenvalue weighted by Gasteiger charge is -2.18. The molecule has 0 saturated carbocycles. The van der Waals surface area contributed by atoms with E-state index in [1.165, 1.54) is 10.6 Å². The minimum Gasteiger partial charge on any atom is -0.394 e. The molecule has 0 spiro atoms. The van der Waals surface area contributed by atoms with Gasteiger partial charge in [-0.05, 0) is 24.7 Å². The quantitative estimate of drug-likeness (QED) is 0.619. The maximum Gasteiger partial charge on any atom is 0.0697 e. The molecule has 0 fully saturated rings. The Balaban J connectivity index is 2.10. The lowest BCUT2D eigenvalue weighted by Crippen LogP contribution is -2.16. The van der Waals surface area contributed by atoms with Crippen LogP contribution in [0.4, 0.5) is 0 Å². The van der Waals surface area contributed by atoms with Gasteiger partial charge in [-0.2, -0.15) is 0 Å². The van der Waals surface area contributed by atoms with Crippen molar-refractivity contribution >= 4 is 18.5 Å². The molecule has 2 aromatic carbocycles. The summed E-state index contributed by atoms with van der Waals surface area (Å²) in [6.45, 7) is 1.21. The summed E-state index contributed by atoms with van der Waals surface area (Å²) in [5.41, 5.74) is 0. The first-order valence-electron chi connectivity index (χ1n) is 6.48. The smallest absolute Gasteiger partial charge is 0.0697 e. The molecule has 2 rings (SSSR count). The number of rotatable bonds is 7. The monoisotopic (exact) mass is 274 g/mol. The van der Waals surface area contributed by atoms with Crippen molar-refractivity contribution in [3.8, 4) is 0 Å². The number of hydrogen-bond donors (Lipinski definition) is 1. The second-order valence-electron chi connectivity index (χ2n) is 4.16. The van der Waals surface area contributed by atoms with Crippen molar-refractivity contribution in [3.05, 3.63) is 60.7 Å². The van der Waals surface area contributed by atoms with Gasteiger partial charge in [-0.1, -0.05) is 60.7 Å². The SMILES string of the molecule is OCCOCCP(c1ccccc1)c1ccccc1. The molecule has 2 nitrogen and oxygen atoms in total. The summed E-state index contributed by atoms with van der Waals surface area (Å²) in [5, 5.41) is 11.5. The Morgan fingerprint density at radius 3 is 1.79 bits per heavy atom. The lowest BCUT2D eigenvalue weighted by molar-refractivity contribution is 0.103. The molecule has 0 aliphatic heterocycles. The van der Waals surface area contributed by atoms with Crippen molar-refractivity contribution in [2.24, 2.45) is 0 Å². The molecule has 0 aromatic heterocycles. The Morgan fingerprint density at radius 1 is 0.789 bits per heavy atom. The highest BCUT2D eigenvalue weighted by Gasteiger charge is 2.12. The van der Waals surface area contributed by atoms with Gasteiger partial charge in [0, 0.05) is 0 Å². The van der Waals surface area contributed by atoms with Gasteiger partial charge in [-0.25, -0.2) is 0 Å². The van der Waals surface area contributed by atoms with Gasteiger partial charge in [0.1, 0.15) is 0 Å². The predicted molar refractivity (Wildman–Crippen MR) is 81.8 cm³/mol. The Bertz CT molecular complexity index is 419. The van der Waals surface area contributed by atoms with Gasteiger partial charge in [0.05, 0.1) is 19.8 Å². The maximum absolute atomic E-state index is 8.75. The standard InChI is InChI=1S/C16H19O2P/c17-11-12-18-13-14-19(15-7-3-1-4-8-15)16-9-5-2-6-10-16/h1-10,17H,11-14H2. The molecule has 0 unspecified atom stereocenters. The van der Waals surface area contributed by atoms with E-state index in [2.05, 4.69) is 48.5 Å². The molecule has 0 saturated heterocycles. The van der Waals surface area contributed by atoms with Crippen LogP contribution in [0.2, 0.25) is 0 Å². The molecule has 0 heterocycles. The topological polar surface area (TPSA) is 29.5 Å². The fourth-order valence-corrected chi connectivity index (χ4v) is 4.14. The Morgan fingerprint density at radius 2 is 1.32 bits per heavy atom. The molecule has 0 atom stereocenters. The van der Waals surface area contributed by atoms with Crippen LogP contribution in [0.15, 0.2) is 60.7 Å². The summed E-state index contributed by atoms with van der Waals surface area (Å²) in [5.74, 6) is 0. The minimum absolute atomic E-state index is 0.0919. The van der Waals surface area contributed by atoms with E-state index in [0.29, 0.717) is 13.2 Å². The summed E-state index contributed by atoms with van der Waals surface area (Å²) < 4.78 is 5.42. The van der Waals surface area contributed by atoms with Crippen LogP contribution in [0.5, 0.6) is 0 Å². The summed E-state index contributed by atoms with van der Waals surface area (Å²) in [6, 6.07) is 21.2. The highest BCUT2D eigenvalue weighted by molar-refractivity contribution is 7.73. The Hall–Kier alpha value is -1.21. The number of aliphatic hydroxyl groups is 1. The van der Waals surface area contributed by atoms with Crippen molar-refractivity contribution < 1.29 is 9.84 Å². The Kier molecular flexibility index (Phi) is 6.03. The van der Waals surface area contributed by atoms with Crippen LogP contribution in [-0.2, 0) is 4.74 Å². The van der Waals surface area contributed by atoms with Gasteiger partial charge >= 0.3 is 0 Å². The third-order valence-corrected chi connectivity index (χ3v) is 5.30. The van der Waals surface area contributed by atoms with E-state index in [1.54, 1.807) is 0 Å². The van der Waals surface area contributed by atoms with E-state index < -0.39 is 0 Å². The van der Waals surface area contributed by atoms with Crippen molar-refractivity contribution in [3.63, 3.8) is 0 Å². The molecule has 0 bridgehead atoms. The maximum atomic E-state index is 8.75. The molecule has 0 amide bonds. The van der Waals surface area contributed by atoms with Crippen molar-refractivity contribution in [2.75, 3.05) is 26.0 Å². The molecule has 0 aliphatic carbocycles. The van der Waals surface area contributed by atoms with Crippen LogP contribution in [0.25, 0.3) is 0 Å². The van der Waals surface area contributed by atoms with E-state index in [0.717, 1.165) is 6.16 Å². The second kappa shape index (κ2) is 8.06.